The standard InChI is InChI=1S/C17H22ClN3O2/c1-17(2,3)11-21(14-6-7-20(10-14)16(22)23)13-5-4-12(9-19)15(18)8-13/h4-5,8,14H,6-7,10-11H2,1-3H3,(H,22,23)/t14-/m0/s1. The Kier molecular flexibility index (Phi) is 5.06. The zero-order valence-electron chi connectivity index (χ0n) is 13.7. The Labute approximate surface area is 142 Å². The molecule has 6 heteroatoms. The summed E-state index contributed by atoms with van der Waals surface area (Å²) in [5.41, 5.74) is 1.43. The summed E-state index contributed by atoms with van der Waals surface area (Å²) >= 11 is 6.18. The van der Waals surface area contributed by atoms with Gasteiger partial charge in [-0.05, 0) is 30.0 Å². The summed E-state index contributed by atoms with van der Waals surface area (Å²) in [5, 5.41) is 18.6. The van der Waals surface area contributed by atoms with Crippen molar-refractivity contribution in [3.05, 3.63) is 28.8 Å². The molecule has 5 nitrogen and oxygen atoms in total. The zero-order chi connectivity index (χ0) is 17.2. The summed E-state index contributed by atoms with van der Waals surface area (Å²) in [6.07, 6.45) is -0.0823. The van der Waals surface area contributed by atoms with Gasteiger partial charge < -0.3 is 14.9 Å². The third-order valence-corrected chi connectivity index (χ3v) is 4.24. The molecule has 1 aliphatic heterocycles. The summed E-state index contributed by atoms with van der Waals surface area (Å²) in [6.45, 7) is 8.26. The van der Waals surface area contributed by atoms with Crippen LogP contribution in [0.1, 0.15) is 32.8 Å². The number of likely N-dealkylation sites (tertiary alicyclic amines) is 1. The predicted octanol–water partition coefficient (Wildman–Crippen LogP) is 3.82. The summed E-state index contributed by atoms with van der Waals surface area (Å²) in [5.74, 6) is 0. The highest BCUT2D eigenvalue weighted by atomic mass is 35.5. The van der Waals surface area contributed by atoms with E-state index in [1.54, 1.807) is 12.1 Å². The fraction of sp³-hybridized carbons (Fsp3) is 0.529. The highest BCUT2D eigenvalue weighted by Crippen LogP contribution is 2.30. The van der Waals surface area contributed by atoms with Crippen LogP contribution in [0, 0.1) is 16.7 Å². The fourth-order valence-corrected chi connectivity index (χ4v) is 3.10. The Morgan fingerprint density at radius 3 is 2.70 bits per heavy atom. The average molecular weight is 336 g/mol. The van der Waals surface area contributed by atoms with Crippen LogP contribution in [0.5, 0.6) is 0 Å². The Morgan fingerprint density at radius 1 is 1.52 bits per heavy atom. The highest BCUT2D eigenvalue weighted by molar-refractivity contribution is 6.32. The summed E-state index contributed by atoms with van der Waals surface area (Å²) < 4.78 is 0. The van der Waals surface area contributed by atoms with Gasteiger partial charge >= 0.3 is 6.09 Å². The second-order valence-electron chi connectivity index (χ2n) is 7.14. The number of nitrogens with zero attached hydrogens (tertiary/aromatic N) is 3. The van der Waals surface area contributed by atoms with Crippen molar-refractivity contribution in [2.24, 2.45) is 5.41 Å². The minimum atomic E-state index is -0.874. The number of hydrogen-bond acceptors (Lipinski definition) is 3. The largest absolute Gasteiger partial charge is 0.465 e. The van der Waals surface area contributed by atoms with Crippen LogP contribution < -0.4 is 4.90 Å². The molecular weight excluding hydrogens is 314 g/mol. The highest BCUT2D eigenvalue weighted by Gasteiger charge is 2.32. The Balaban J connectivity index is 2.30. The molecule has 1 heterocycles. The SMILES string of the molecule is CC(C)(C)CN(c1ccc(C#N)c(Cl)c1)[C@H]1CCN(C(=O)O)C1. The predicted molar refractivity (Wildman–Crippen MR) is 91.0 cm³/mol. The van der Waals surface area contributed by atoms with Crippen LogP contribution in [0.15, 0.2) is 18.2 Å². The molecule has 0 aliphatic carbocycles. The van der Waals surface area contributed by atoms with Gasteiger partial charge in [-0.1, -0.05) is 32.4 Å². The second kappa shape index (κ2) is 6.67. The van der Waals surface area contributed by atoms with Gasteiger partial charge in [0.05, 0.1) is 10.6 Å². The van der Waals surface area contributed by atoms with E-state index in [0.717, 1.165) is 18.7 Å². The number of carboxylic acid groups (broad SMARTS) is 1. The van der Waals surface area contributed by atoms with Gasteiger partial charge in [0.25, 0.3) is 0 Å². The van der Waals surface area contributed by atoms with E-state index in [1.807, 2.05) is 6.07 Å². The van der Waals surface area contributed by atoms with Gasteiger partial charge in [-0.2, -0.15) is 5.26 Å². The number of rotatable bonds is 3. The molecule has 0 aromatic heterocycles. The molecule has 1 saturated heterocycles. The monoisotopic (exact) mass is 335 g/mol. The molecule has 1 fully saturated rings. The molecule has 1 amide bonds. The van der Waals surface area contributed by atoms with Crippen LogP contribution in [0.25, 0.3) is 0 Å². The van der Waals surface area contributed by atoms with Gasteiger partial charge in [-0.15, -0.1) is 0 Å². The Morgan fingerprint density at radius 2 is 2.22 bits per heavy atom. The van der Waals surface area contributed by atoms with Crippen molar-refractivity contribution in [1.29, 1.82) is 5.26 Å². The first-order chi connectivity index (χ1) is 10.7. The molecule has 0 radical (unpaired) electrons. The Hall–Kier alpha value is -1.93. The van der Waals surface area contributed by atoms with Crippen molar-refractivity contribution in [1.82, 2.24) is 4.90 Å². The Bertz CT molecular complexity index is 634. The first-order valence-corrected chi connectivity index (χ1v) is 8.03. The smallest absolute Gasteiger partial charge is 0.407 e. The van der Waals surface area contributed by atoms with E-state index in [0.29, 0.717) is 23.7 Å². The lowest BCUT2D eigenvalue weighted by atomic mass is 9.94. The van der Waals surface area contributed by atoms with Crippen LogP contribution in [0.3, 0.4) is 0 Å². The van der Waals surface area contributed by atoms with Crippen LogP contribution in [0.2, 0.25) is 5.02 Å². The third kappa shape index (κ3) is 4.29. The van der Waals surface area contributed by atoms with Crippen molar-refractivity contribution in [2.75, 3.05) is 24.5 Å². The molecular formula is C17H22ClN3O2. The minimum Gasteiger partial charge on any atom is -0.465 e. The molecule has 1 aliphatic rings. The van der Waals surface area contributed by atoms with Gasteiger partial charge in [0.15, 0.2) is 0 Å². The third-order valence-electron chi connectivity index (χ3n) is 3.92. The molecule has 2 rings (SSSR count). The molecule has 124 valence electrons. The topological polar surface area (TPSA) is 67.6 Å². The van der Waals surface area contributed by atoms with Gasteiger partial charge in [-0.3, -0.25) is 0 Å². The molecule has 1 atom stereocenters. The van der Waals surface area contributed by atoms with Crippen molar-refractivity contribution in [2.45, 2.75) is 33.2 Å². The maximum Gasteiger partial charge on any atom is 0.407 e. The van der Waals surface area contributed by atoms with E-state index in [9.17, 15) is 9.90 Å². The van der Waals surface area contributed by atoms with Crippen molar-refractivity contribution in [3.8, 4) is 6.07 Å². The van der Waals surface area contributed by atoms with E-state index < -0.39 is 6.09 Å². The van der Waals surface area contributed by atoms with Crippen molar-refractivity contribution < 1.29 is 9.90 Å². The van der Waals surface area contributed by atoms with Crippen LogP contribution in [-0.4, -0.2) is 41.8 Å². The van der Waals surface area contributed by atoms with Crippen LogP contribution in [-0.2, 0) is 0 Å². The van der Waals surface area contributed by atoms with Gasteiger partial charge in [0.1, 0.15) is 6.07 Å². The van der Waals surface area contributed by atoms with Crippen molar-refractivity contribution in [3.63, 3.8) is 0 Å². The fourth-order valence-electron chi connectivity index (χ4n) is 2.89. The first-order valence-electron chi connectivity index (χ1n) is 7.65. The van der Waals surface area contributed by atoms with E-state index in [2.05, 4.69) is 31.7 Å². The summed E-state index contributed by atoms with van der Waals surface area (Å²) in [4.78, 5) is 14.8. The molecule has 1 aromatic carbocycles. The molecule has 0 saturated carbocycles. The molecule has 0 spiro atoms. The number of benzene rings is 1. The van der Waals surface area contributed by atoms with Gasteiger partial charge in [-0.25, -0.2) is 4.79 Å². The maximum atomic E-state index is 11.2. The first kappa shape index (κ1) is 17.4. The number of nitriles is 1. The van der Waals surface area contributed by atoms with Crippen LogP contribution >= 0.6 is 11.6 Å². The van der Waals surface area contributed by atoms with E-state index in [4.69, 9.17) is 16.9 Å². The molecule has 0 bridgehead atoms. The molecule has 1 N–H and O–H groups in total. The van der Waals surface area contributed by atoms with Gasteiger partial charge in [0, 0.05) is 31.4 Å². The van der Waals surface area contributed by atoms with E-state index in [-0.39, 0.29) is 11.5 Å². The second-order valence-corrected chi connectivity index (χ2v) is 7.54. The lowest BCUT2D eigenvalue weighted by molar-refractivity contribution is 0.155. The summed E-state index contributed by atoms with van der Waals surface area (Å²) in [7, 11) is 0. The van der Waals surface area contributed by atoms with E-state index in [1.165, 1.54) is 4.90 Å². The lowest BCUT2D eigenvalue weighted by Gasteiger charge is -2.36. The molecule has 23 heavy (non-hydrogen) atoms. The van der Waals surface area contributed by atoms with Crippen LogP contribution in [0.4, 0.5) is 10.5 Å². The quantitative estimate of drug-likeness (QED) is 0.911. The number of hydrogen-bond donors (Lipinski definition) is 1. The molecule has 0 unspecified atom stereocenters. The number of carbonyl (C=O) groups is 1. The van der Waals surface area contributed by atoms with Crippen molar-refractivity contribution >= 4 is 23.4 Å². The maximum absolute atomic E-state index is 11.2. The molecule has 1 aromatic rings. The minimum absolute atomic E-state index is 0.0526. The number of halogens is 1. The zero-order valence-corrected chi connectivity index (χ0v) is 14.5. The summed E-state index contributed by atoms with van der Waals surface area (Å²) in [6, 6.07) is 7.59. The van der Waals surface area contributed by atoms with E-state index >= 15 is 0 Å². The van der Waals surface area contributed by atoms with Gasteiger partial charge in [0.2, 0.25) is 0 Å². The number of amides is 1. The number of anilines is 1. The normalized spacial score (nSPS) is 17.9. The lowest BCUT2D eigenvalue weighted by Crippen LogP contribution is -2.43. The average Bonchev–Trinajstić information content (AvgIpc) is 2.93.